The maximum absolute atomic E-state index is 10.8. The topological polar surface area (TPSA) is 106 Å². The second kappa shape index (κ2) is 12.7. The minimum Gasteiger partial charge on any atom is -0.379 e. The second-order valence-corrected chi connectivity index (χ2v) is 5.37. The molecule has 8 heteroatoms. The molecule has 0 radical (unpaired) electrons. The smallest absolute Gasteiger partial charge is 0.233 e. The molecule has 8 nitrogen and oxygen atoms in total. The Labute approximate surface area is 133 Å². The number of nitrogens with two attached hydrogens (primary N) is 2. The predicted octanol–water partition coefficient (Wildman–Crippen LogP) is -1.63. The quantitative estimate of drug-likeness (QED) is 0.307. The van der Waals surface area contributed by atoms with Gasteiger partial charge in [0.2, 0.25) is 5.91 Å². The summed E-state index contributed by atoms with van der Waals surface area (Å²) in [5.74, 6) is 4.87. The fraction of sp³-hybridized carbons (Fsp3) is 0.929. The van der Waals surface area contributed by atoms with Gasteiger partial charge in [0.15, 0.2) is 0 Å². The van der Waals surface area contributed by atoms with Crippen molar-refractivity contribution < 1.29 is 14.3 Å². The zero-order valence-corrected chi connectivity index (χ0v) is 13.5. The van der Waals surface area contributed by atoms with Gasteiger partial charge in [-0.25, -0.2) is 5.84 Å². The highest BCUT2D eigenvalue weighted by Gasteiger charge is 2.10. The molecule has 0 saturated carbocycles. The summed E-state index contributed by atoms with van der Waals surface area (Å²) in [5, 5.41) is 0. The summed E-state index contributed by atoms with van der Waals surface area (Å²) in [7, 11) is 0. The SMILES string of the molecule is NCCN1CCOCC1.NNC(=O)CCCN1CCOCC1. The molecule has 0 bridgehead atoms. The summed E-state index contributed by atoms with van der Waals surface area (Å²) in [6.07, 6.45) is 1.37. The van der Waals surface area contributed by atoms with Crippen LogP contribution in [0, 0.1) is 0 Å². The summed E-state index contributed by atoms with van der Waals surface area (Å²) in [6.45, 7) is 10.2. The van der Waals surface area contributed by atoms with Crippen LogP contribution < -0.4 is 17.0 Å². The van der Waals surface area contributed by atoms with E-state index < -0.39 is 0 Å². The maximum atomic E-state index is 10.8. The van der Waals surface area contributed by atoms with Gasteiger partial charge in [-0.2, -0.15) is 0 Å². The molecule has 2 heterocycles. The normalized spacial score (nSPS) is 20.1. The van der Waals surface area contributed by atoms with Crippen LogP contribution in [0.25, 0.3) is 0 Å². The van der Waals surface area contributed by atoms with E-state index in [-0.39, 0.29) is 5.91 Å². The highest BCUT2D eigenvalue weighted by atomic mass is 16.5. The Balaban J connectivity index is 0.000000235. The van der Waals surface area contributed by atoms with Gasteiger partial charge in [0.25, 0.3) is 0 Å². The van der Waals surface area contributed by atoms with Crippen molar-refractivity contribution in [2.45, 2.75) is 12.8 Å². The maximum Gasteiger partial charge on any atom is 0.233 e. The molecule has 0 aromatic heterocycles. The van der Waals surface area contributed by atoms with Crippen molar-refractivity contribution in [1.82, 2.24) is 15.2 Å². The molecule has 22 heavy (non-hydrogen) atoms. The summed E-state index contributed by atoms with van der Waals surface area (Å²) in [4.78, 5) is 15.4. The van der Waals surface area contributed by atoms with Crippen LogP contribution in [-0.4, -0.2) is 87.9 Å². The number of rotatable bonds is 6. The third-order valence-electron chi connectivity index (χ3n) is 3.69. The minimum atomic E-state index is -0.0896. The van der Waals surface area contributed by atoms with E-state index in [9.17, 15) is 4.79 Å². The molecule has 2 rings (SSSR count). The van der Waals surface area contributed by atoms with Crippen LogP contribution in [0.1, 0.15) is 12.8 Å². The Kier molecular flexibility index (Phi) is 11.2. The molecule has 5 N–H and O–H groups in total. The Morgan fingerprint density at radius 2 is 1.45 bits per heavy atom. The van der Waals surface area contributed by atoms with Crippen LogP contribution in [0.2, 0.25) is 0 Å². The lowest BCUT2D eigenvalue weighted by Crippen LogP contribution is -2.39. The number of carbonyl (C=O) groups excluding carboxylic acids is 1. The Hall–Kier alpha value is -0.770. The highest BCUT2D eigenvalue weighted by molar-refractivity contribution is 5.75. The van der Waals surface area contributed by atoms with E-state index in [1.165, 1.54) is 0 Å². The first-order chi connectivity index (χ1) is 10.8. The van der Waals surface area contributed by atoms with E-state index in [2.05, 4.69) is 15.2 Å². The largest absolute Gasteiger partial charge is 0.379 e. The molecule has 0 aliphatic carbocycles. The van der Waals surface area contributed by atoms with E-state index >= 15 is 0 Å². The van der Waals surface area contributed by atoms with Gasteiger partial charge in [-0.1, -0.05) is 0 Å². The van der Waals surface area contributed by atoms with E-state index in [0.29, 0.717) is 6.42 Å². The molecule has 2 saturated heterocycles. The first-order valence-electron chi connectivity index (χ1n) is 8.06. The molecule has 130 valence electrons. The van der Waals surface area contributed by atoms with E-state index in [4.69, 9.17) is 21.1 Å². The lowest BCUT2D eigenvalue weighted by atomic mass is 10.2. The van der Waals surface area contributed by atoms with E-state index in [1.807, 2.05) is 0 Å². The summed E-state index contributed by atoms with van der Waals surface area (Å²) < 4.78 is 10.4. The second-order valence-electron chi connectivity index (χ2n) is 5.37. The Bertz CT molecular complexity index is 279. The molecule has 0 aromatic carbocycles. The summed E-state index contributed by atoms with van der Waals surface area (Å²) in [6, 6.07) is 0. The lowest BCUT2D eigenvalue weighted by molar-refractivity contribution is -0.121. The number of nitrogens with zero attached hydrogens (tertiary/aromatic N) is 2. The third-order valence-corrected chi connectivity index (χ3v) is 3.69. The molecule has 0 atom stereocenters. The number of carbonyl (C=O) groups is 1. The van der Waals surface area contributed by atoms with Crippen molar-refractivity contribution in [1.29, 1.82) is 0 Å². The molecule has 2 aliphatic rings. The zero-order valence-electron chi connectivity index (χ0n) is 13.5. The van der Waals surface area contributed by atoms with Crippen molar-refractivity contribution in [3.8, 4) is 0 Å². The Morgan fingerprint density at radius 1 is 0.955 bits per heavy atom. The summed E-state index contributed by atoms with van der Waals surface area (Å²) >= 11 is 0. The number of ether oxygens (including phenoxy) is 2. The number of amides is 1. The van der Waals surface area contributed by atoms with Gasteiger partial charge < -0.3 is 15.2 Å². The lowest BCUT2D eigenvalue weighted by Gasteiger charge is -2.26. The van der Waals surface area contributed by atoms with Crippen LogP contribution in [0.15, 0.2) is 0 Å². The number of hydrazine groups is 1. The average Bonchev–Trinajstić information content (AvgIpc) is 2.57. The molecule has 2 aliphatic heterocycles. The van der Waals surface area contributed by atoms with E-state index in [0.717, 1.165) is 78.7 Å². The highest BCUT2D eigenvalue weighted by Crippen LogP contribution is 1.99. The van der Waals surface area contributed by atoms with E-state index in [1.54, 1.807) is 0 Å². The van der Waals surface area contributed by atoms with Gasteiger partial charge in [0.05, 0.1) is 26.4 Å². The molecule has 2 fully saturated rings. The molecular formula is C14H31N5O3. The van der Waals surface area contributed by atoms with Crippen LogP contribution in [-0.2, 0) is 14.3 Å². The van der Waals surface area contributed by atoms with Crippen molar-refractivity contribution in [2.24, 2.45) is 11.6 Å². The number of hydrogen-bond acceptors (Lipinski definition) is 7. The van der Waals surface area contributed by atoms with Crippen LogP contribution in [0.5, 0.6) is 0 Å². The van der Waals surface area contributed by atoms with Gasteiger partial charge in [0.1, 0.15) is 0 Å². The van der Waals surface area contributed by atoms with Crippen LogP contribution in [0.3, 0.4) is 0 Å². The number of nitrogens with one attached hydrogen (secondary N) is 1. The number of morpholine rings is 2. The van der Waals surface area contributed by atoms with Gasteiger partial charge in [-0.15, -0.1) is 0 Å². The molecular weight excluding hydrogens is 286 g/mol. The monoisotopic (exact) mass is 317 g/mol. The van der Waals surface area contributed by atoms with Crippen molar-refractivity contribution in [3.05, 3.63) is 0 Å². The fourth-order valence-corrected chi connectivity index (χ4v) is 2.37. The summed E-state index contributed by atoms with van der Waals surface area (Å²) in [5.41, 5.74) is 7.50. The molecule has 0 unspecified atom stereocenters. The number of hydrogen-bond donors (Lipinski definition) is 3. The minimum absolute atomic E-state index is 0.0896. The van der Waals surface area contributed by atoms with Gasteiger partial charge in [-0.3, -0.25) is 20.0 Å². The first-order valence-corrected chi connectivity index (χ1v) is 8.06. The zero-order chi connectivity index (χ0) is 16.0. The molecule has 1 amide bonds. The van der Waals surface area contributed by atoms with Gasteiger partial charge in [-0.05, 0) is 13.0 Å². The van der Waals surface area contributed by atoms with Crippen molar-refractivity contribution in [3.63, 3.8) is 0 Å². The van der Waals surface area contributed by atoms with Gasteiger partial charge in [0, 0.05) is 45.7 Å². The van der Waals surface area contributed by atoms with Crippen molar-refractivity contribution >= 4 is 5.91 Å². The third kappa shape index (κ3) is 9.29. The average molecular weight is 317 g/mol. The van der Waals surface area contributed by atoms with Gasteiger partial charge >= 0.3 is 0 Å². The fourth-order valence-electron chi connectivity index (χ4n) is 2.37. The predicted molar refractivity (Wildman–Crippen MR) is 85.1 cm³/mol. The molecule has 0 spiro atoms. The van der Waals surface area contributed by atoms with Crippen LogP contribution in [0.4, 0.5) is 0 Å². The standard InChI is InChI=1S/C8H17N3O2.C6H14N2O/c9-10-8(12)2-1-3-11-4-6-13-7-5-11;7-1-2-8-3-5-9-6-4-8/h1-7,9H2,(H,10,12);1-7H2. The molecule has 0 aromatic rings. The van der Waals surface area contributed by atoms with Crippen molar-refractivity contribution in [2.75, 3.05) is 72.2 Å². The first kappa shape index (κ1) is 19.3. The Morgan fingerprint density at radius 3 is 1.91 bits per heavy atom. The van der Waals surface area contributed by atoms with Crippen LogP contribution >= 0.6 is 0 Å².